The van der Waals surface area contributed by atoms with Gasteiger partial charge in [0, 0.05) is 30.8 Å². The van der Waals surface area contributed by atoms with Gasteiger partial charge in [-0.2, -0.15) is 15.3 Å². The molecule has 1 aliphatic heterocycles. The summed E-state index contributed by atoms with van der Waals surface area (Å²) >= 11 is 2.26. The monoisotopic (exact) mass is 524 g/mol. The van der Waals surface area contributed by atoms with Crippen LogP contribution in [0.4, 0.5) is 21.8 Å². The van der Waals surface area contributed by atoms with Crippen molar-refractivity contribution in [3.8, 4) is 6.07 Å². The molecule has 11 heteroatoms. The Morgan fingerprint density at radius 3 is 3.00 bits per heavy atom. The summed E-state index contributed by atoms with van der Waals surface area (Å²) in [7, 11) is 1.80. The summed E-state index contributed by atoms with van der Waals surface area (Å²) in [4.78, 5) is 22.9. The van der Waals surface area contributed by atoms with Gasteiger partial charge in [-0.05, 0) is 19.3 Å². The van der Waals surface area contributed by atoms with Crippen LogP contribution >= 0.6 is 22.6 Å². The number of alkyl halides is 1. The summed E-state index contributed by atoms with van der Waals surface area (Å²) in [6.07, 6.45) is 6.78. The second-order valence-electron chi connectivity index (χ2n) is 7.90. The van der Waals surface area contributed by atoms with E-state index in [-0.39, 0.29) is 29.5 Å². The Morgan fingerprint density at radius 1 is 1.50 bits per heavy atom. The predicted octanol–water partition coefficient (Wildman–Crippen LogP) is 2.14. The largest absolute Gasteiger partial charge is 0.352 e. The smallest absolute Gasteiger partial charge is 0.229 e. The molecule has 1 amide bonds. The molecule has 0 bridgehead atoms. The Balaban J connectivity index is 1.51. The van der Waals surface area contributed by atoms with Crippen LogP contribution in [0.1, 0.15) is 19.3 Å². The molecule has 1 unspecified atom stereocenters. The molecule has 3 atom stereocenters. The van der Waals surface area contributed by atoms with E-state index in [2.05, 4.69) is 54.4 Å². The number of nitrogens with zero attached hydrogens (tertiary/aromatic N) is 6. The maximum absolute atomic E-state index is 14.6. The van der Waals surface area contributed by atoms with E-state index in [1.165, 1.54) is 0 Å². The molecule has 2 aromatic rings. The third kappa shape index (κ3) is 4.33. The van der Waals surface area contributed by atoms with Gasteiger partial charge in [0.25, 0.3) is 0 Å². The fourth-order valence-electron chi connectivity index (χ4n) is 3.79. The van der Waals surface area contributed by atoms with E-state index in [4.69, 9.17) is 5.26 Å². The summed E-state index contributed by atoms with van der Waals surface area (Å²) in [5.74, 6) is -0.506. The molecule has 2 aliphatic rings. The lowest BCUT2D eigenvalue weighted by atomic mass is 9.90. The van der Waals surface area contributed by atoms with Crippen molar-refractivity contribution < 1.29 is 9.18 Å². The van der Waals surface area contributed by atoms with Crippen LogP contribution in [0, 0.1) is 29.0 Å². The van der Waals surface area contributed by atoms with Gasteiger partial charge in [-0.3, -0.25) is 9.48 Å². The van der Waals surface area contributed by atoms with E-state index < -0.39 is 11.4 Å². The van der Waals surface area contributed by atoms with Gasteiger partial charge < -0.3 is 15.5 Å². The first-order valence-corrected chi connectivity index (χ1v) is 11.3. The van der Waals surface area contributed by atoms with Crippen molar-refractivity contribution in [3.63, 3.8) is 0 Å². The van der Waals surface area contributed by atoms with Crippen LogP contribution in [-0.4, -0.2) is 48.7 Å². The SMILES string of the molecule is Cn1cc(Nc2ncc(F)c(N3CCC[C@@](CI)(NC(=O)C4C[C@H]4C#N)C3)n2)cn1. The first-order valence-electron chi connectivity index (χ1n) is 9.74. The minimum Gasteiger partial charge on any atom is -0.352 e. The highest BCUT2D eigenvalue weighted by Gasteiger charge is 2.46. The lowest BCUT2D eigenvalue weighted by molar-refractivity contribution is -0.124. The number of nitrogens with one attached hydrogen (secondary N) is 2. The molecule has 0 aromatic carbocycles. The molecule has 2 fully saturated rings. The van der Waals surface area contributed by atoms with Crippen LogP contribution in [0.15, 0.2) is 18.6 Å². The Bertz CT molecular complexity index is 991. The van der Waals surface area contributed by atoms with Crippen LogP contribution in [0.2, 0.25) is 0 Å². The van der Waals surface area contributed by atoms with Crippen molar-refractivity contribution in [2.45, 2.75) is 24.8 Å². The fraction of sp³-hybridized carbons (Fsp3) is 0.526. The van der Waals surface area contributed by atoms with Crippen LogP contribution in [0.25, 0.3) is 0 Å². The second kappa shape index (κ2) is 8.33. The first kappa shape index (κ1) is 20.8. The number of hydrogen-bond acceptors (Lipinski definition) is 7. The van der Waals surface area contributed by atoms with E-state index in [1.54, 1.807) is 24.1 Å². The Hall–Kier alpha value is -2.49. The molecule has 4 rings (SSSR count). The number of anilines is 3. The van der Waals surface area contributed by atoms with E-state index in [9.17, 15) is 9.18 Å². The summed E-state index contributed by atoms with van der Waals surface area (Å²) in [6.45, 7) is 1.09. The van der Waals surface area contributed by atoms with Crippen molar-refractivity contribution in [2.24, 2.45) is 18.9 Å². The third-order valence-electron chi connectivity index (χ3n) is 5.50. The number of aromatic nitrogens is 4. The van der Waals surface area contributed by atoms with Gasteiger partial charge in [-0.25, -0.2) is 9.37 Å². The maximum Gasteiger partial charge on any atom is 0.229 e. The zero-order valence-corrected chi connectivity index (χ0v) is 18.6. The van der Waals surface area contributed by atoms with Crippen LogP contribution in [0.3, 0.4) is 0 Å². The second-order valence-corrected chi connectivity index (χ2v) is 8.66. The molecule has 3 heterocycles. The molecule has 2 N–H and O–H groups in total. The van der Waals surface area contributed by atoms with Crippen LogP contribution < -0.4 is 15.5 Å². The lowest BCUT2D eigenvalue weighted by Crippen LogP contribution is -2.60. The van der Waals surface area contributed by atoms with Gasteiger partial charge in [-0.1, -0.05) is 22.6 Å². The lowest BCUT2D eigenvalue weighted by Gasteiger charge is -2.43. The van der Waals surface area contributed by atoms with Crippen molar-refractivity contribution in [2.75, 3.05) is 27.7 Å². The van der Waals surface area contributed by atoms with Gasteiger partial charge in [-0.15, -0.1) is 0 Å². The summed E-state index contributed by atoms with van der Waals surface area (Å²) in [6, 6.07) is 2.15. The van der Waals surface area contributed by atoms with Crippen LogP contribution in [0.5, 0.6) is 0 Å². The molecule has 1 saturated carbocycles. The van der Waals surface area contributed by atoms with Crippen molar-refractivity contribution >= 4 is 46.0 Å². The number of aryl methyl sites for hydroxylation is 1. The number of halogens is 2. The molecule has 9 nitrogen and oxygen atoms in total. The zero-order valence-electron chi connectivity index (χ0n) is 16.5. The molecule has 158 valence electrons. The van der Waals surface area contributed by atoms with Gasteiger partial charge in [0.1, 0.15) is 0 Å². The molecule has 0 radical (unpaired) electrons. The number of rotatable bonds is 6. The molecule has 1 saturated heterocycles. The summed E-state index contributed by atoms with van der Waals surface area (Å²) in [5.41, 5.74) is 0.228. The van der Waals surface area contributed by atoms with E-state index in [0.29, 0.717) is 29.6 Å². The number of carbonyl (C=O) groups is 1. The first-order chi connectivity index (χ1) is 14.4. The van der Waals surface area contributed by atoms with E-state index in [1.807, 2.05) is 4.90 Å². The standard InChI is InChI=1S/C19H22FIN8O/c1-28-9-13(7-24-28)25-18-23-8-15(20)16(26-18)29-4-2-3-19(10-21,11-29)27-17(30)14-5-12(14)6-22/h7-9,12,14H,2-5,10-11H2,1H3,(H,27,30)(H,23,25,26)/t12-,14?,19-/m0/s1. The highest BCUT2D eigenvalue weighted by atomic mass is 127. The third-order valence-corrected chi connectivity index (χ3v) is 6.96. The Labute approximate surface area is 187 Å². The van der Waals surface area contributed by atoms with Crippen molar-refractivity contribution in [1.29, 1.82) is 5.26 Å². The minimum atomic E-state index is -0.506. The van der Waals surface area contributed by atoms with Crippen molar-refractivity contribution in [1.82, 2.24) is 25.1 Å². The van der Waals surface area contributed by atoms with Gasteiger partial charge in [0.05, 0.1) is 41.5 Å². The Kier molecular flexibility index (Phi) is 5.77. The average Bonchev–Trinajstić information content (AvgIpc) is 3.44. The van der Waals surface area contributed by atoms with Crippen molar-refractivity contribution in [3.05, 3.63) is 24.4 Å². The number of amides is 1. The highest BCUT2D eigenvalue weighted by molar-refractivity contribution is 14.1. The maximum atomic E-state index is 14.6. The predicted molar refractivity (Wildman–Crippen MR) is 117 cm³/mol. The topological polar surface area (TPSA) is 112 Å². The molecular formula is C19H22FIN8O. The molecule has 30 heavy (non-hydrogen) atoms. The summed E-state index contributed by atoms with van der Waals surface area (Å²) < 4.78 is 16.9. The highest BCUT2D eigenvalue weighted by Crippen LogP contribution is 2.39. The van der Waals surface area contributed by atoms with E-state index in [0.717, 1.165) is 19.0 Å². The molecular weight excluding hydrogens is 502 g/mol. The zero-order chi connectivity index (χ0) is 21.3. The molecule has 0 spiro atoms. The summed E-state index contributed by atoms with van der Waals surface area (Å²) in [5, 5.41) is 19.3. The minimum absolute atomic E-state index is 0.0813. The fourth-order valence-corrected chi connectivity index (χ4v) is 4.61. The van der Waals surface area contributed by atoms with Gasteiger partial charge >= 0.3 is 0 Å². The number of nitriles is 1. The number of carbonyl (C=O) groups excluding carboxylic acids is 1. The quantitative estimate of drug-likeness (QED) is 0.440. The Morgan fingerprint density at radius 2 is 2.33 bits per heavy atom. The molecule has 1 aliphatic carbocycles. The van der Waals surface area contributed by atoms with Gasteiger partial charge in [0.2, 0.25) is 11.9 Å². The van der Waals surface area contributed by atoms with E-state index >= 15 is 0 Å². The van der Waals surface area contributed by atoms with Crippen LogP contribution in [-0.2, 0) is 11.8 Å². The number of hydrogen-bond donors (Lipinski definition) is 2. The molecule has 2 aromatic heterocycles. The average molecular weight is 524 g/mol. The number of piperidine rings is 1. The van der Waals surface area contributed by atoms with Gasteiger partial charge in [0.15, 0.2) is 11.6 Å². The normalized spacial score (nSPS) is 25.5.